The van der Waals surface area contributed by atoms with Gasteiger partial charge in [0.15, 0.2) is 5.78 Å². The summed E-state index contributed by atoms with van der Waals surface area (Å²) >= 11 is 0. The minimum atomic E-state index is -0.325. The molecular formula is C25H30FN3O2. The molecule has 0 amide bonds. The standard InChI is InChI=1S/C25H30FN3O2/c1-4-29-24(9-6-12-31-23-11-10-18(2)13-19(23)3)28-17-25(29)27-16-22(30)15-20-7-5-8-21(26)14-20/h5,7-8,10-11,13-14,17,27H,4,6,9,12,15-16H2,1-3H3. The SMILES string of the molecule is CCn1c(NCC(=O)Cc2cccc(F)c2)cnc1CCCOc1ccc(C)cc1C. The van der Waals surface area contributed by atoms with Crippen LogP contribution >= 0.6 is 0 Å². The van der Waals surface area contributed by atoms with Crippen LogP contribution in [0.15, 0.2) is 48.7 Å². The highest BCUT2D eigenvalue weighted by Gasteiger charge is 2.11. The molecule has 5 nitrogen and oxygen atoms in total. The van der Waals surface area contributed by atoms with Crippen molar-refractivity contribution in [1.82, 2.24) is 9.55 Å². The number of rotatable bonds is 11. The molecule has 0 spiro atoms. The number of anilines is 1. The Bertz CT molecular complexity index is 1030. The van der Waals surface area contributed by atoms with Crippen LogP contribution in [-0.4, -0.2) is 28.5 Å². The van der Waals surface area contributed by atoms with Crippen molar-refractivity contribution >= 4 is 11.6 Å². The molecule has 1 aromatic heterocycles. The molecule has 0 aliphatic rings. The van der Waals surface area contributed by atoms with Gasteiger partial charge in [-0.05, 0) is 56.5 Å². The summed E-state index contributed by atoms with van der Waals surface area (Å²) in [4.78, 5) is 16.8. The van der Waals surface area contributed by atoms with Crippen molar-refractivity contribution in [2.75, 3.05) is 18.5 Å². The van der Waals surface area contributed by atoms with E-state index in [0.717, 1.165) is 42.3 Å². The summed E-state index contributed by atoms with van der Waals surface area (Å²) in [5.74, 6) is 2.38. The summed E-state index contributed by atoms with van der Waals surface area (Å²) in [5.41, 5.74) is 3.05. The van der Waals surface area contributed by atoms with Crippen molar-refractivity contribution in [2.24, 2.45) is 0 Å². The second-order valence-electron chi connectivity index (χ2n) is 7.72. The first kappa shape index (κ1) is 22.5. The Morgan fingerprint density at radius 1 is 1.19 bits per heavy atom. The number of Topliss-reactive ketones (excluding diaryl/α,β-unsaturated/α-hetero) is 1. The van der Waals surface area contributed by atoms with Crippen molar-refractivity contribution in [3.63, 3.8) is 0 Å². The van der Waals surface area contributed by atoms with Gasteiger partial charge in [-0.2, -0.15) is 0 Å². The molecule has 0 saturated heterocycles. The molecule has 0 fully saturated rings. The molecule has 0 saturated carbocycles. The quantitative estimate of drug-likeness (QED) is 0.446. The fourth-order valence-corrected chi connectivity index (χ4v) is 3.61. The maximum Gasteiger partial charge on any atom is 0.156 e. The third-order valence-electron chi connectivity index (χ3n) is 5.14. The molecule has 3 rings (SSSR count). The van der Waals surface area contributed by atoms with Crippen LogP contribution in [0.3, 0.4) is 0 Å². The predicted octanol–water partition coefficient (Wildman–Crippen LogP) is 4.89. The Kier molecular flexibility index (Phi) is 7.82. The van der Waals surface area contributed by atoms with E-state index < -0.39 is 0 Å². The molecule has 3 aromatic rings. The van der Waals surface area contributed by atoms with Crippen molar-refractivity contribution < 1.29 is 13.9 Å². The molecule has 0 atom stereocenters. The number of nitrogens with zero attached hydrogens (tertiary/aromatic N) is 2. The topological polar surface area (TPSA) is 56.2 Å². The predicted molar refractivity (Wildman–Crippen MR) is 121 cm³/mol. The third-order valence-corrected chi connectivity index (χ3v) is 5.14. The van der Waals surface area contributed by atoms with Gasteiger partial charge < -0.3 is 14.6 Å². The van der Waals surface area contributed by atoms with Crippen molar-refractivity contribution in [3.8, 4) is 5.75 Å². The largest absolute Gasteiger partial charge is 0.493 e. The van der Waals surface area contributed by atoms with Crippen LogP contribution in [0.5, 0.6) is 5.75 Å². The van der Waals surface area contributed by atoms with E-state index in [9.17, 15) is 9.18 Å². The highest BCUT2D eigenvalue weighted by Crippen LogP contribution is 2.19. The third kappa shape index (κ3) is 6.41. The number of carbonyl (C=O) groups is 1. The molecule has 164 valence electrons. The van der Waals surface area contributed by atoms with E-state index in [2.05, 4.69) is 47.8 Å². The van der Waals surface area contributed by atoms with Crippen LogP contribution in [0.1, 0.15) is 35.9 Å². The first-order valence-corrected chi connectivity index (χ1v) is 10.7. The number of nitrogens with one attached hydrogen (secondary N) is 1. The Hall–Kier alpha value is -3.15. The Labute approximate surface area is 183 Å². The van der Waals surface area contributed by atoms with Crippen LogP contribution in [0.2, 0.25) is 0 Å². The van der Waals surface area contributed by atoms with Crippen LogP contribution in [0.4, 0.5) is 10.2 Å². The van der Waals surface area contributed by atoms with Crippen LogP contribution in [0, 0.1) is 19.7 Å². The van der Waals surface area contributed by atoms with E-state index in [-0.39, 0.29) is 24.6 Å². The smallest absolute Gasteiger partial charge is 0.156 e. The molecule has 0 aliphatic heterocycles. The zero-order valence-electron chi connectivity index (χ0n) is 18.5. The first-order chi connectivity index (χ1) is 15.0. The second kappa shape index (κ2) is 10.8. The lowest BCUT2D eigenvalue weighted by Crippen LogP contribution is -2.18. The van der Waals surface area contributed by atoms with Crippen LogP contribution < -0.4 is 10.1 Å². The zero-order chi connectivity index (χ0) is 22.2. The summed E-state index contributed by atoms with van der Waals surface area (Å²) in [6, 6.07) is 12.3. The summed E-state index contributed by atoms with van der Waals surface area (Å²) in [5, 5.41) is 3.17. The van der Waals surface area contributed by atoms with Crippen molar-refractivity contribution in [1.29, 1.82) is 0 Å². The number of imidazole rings is 1. The molecule has 0 aliphatic carbocycles. The lowest BCUT2D eigenvalue weighted by Gasteiger charge is -2.12. The van der Waals surface area contributed by atoms with E-state index in [4.69, 9.17) is 4.74 Å². The Morgan fingerprint density at radius 2 is 2.03 bits per heavy atom. The fourth-order valence-electron chi connectivity index (χ4n) is 3.61. The van der Waals surface area contributed by atoms with Gasteiger partial charge in [0.1, 0.15) is 23.2 Å². The number of benzene rings is 2. The molecule has 0 bridgehead atoms. The van der Waals surface area contributed by atoms with E-state index >= 15 is 0 Å². The summed E-state index contributed by atoms with van der Waals surface area (Å²) in [6.45, 7) is 7.74. The molecule has 1 N–H and O–H groups in total. The fraction of sp³-hybridized carbons (Fsp3) is 0.360. The number of ketones is 1. The number of ether oxygens (including phenoxy) is 1. The highest BCUT2D eigenvalue weighted by molar-refractivity contribution is 5.84. The molecule has 0 unspecified atom stereocenters. The highest BCUT2D eigenvalue weighted by atomic mass is 19.1. The van der Waals surface area contributed by atoms with Gasteiger partial charge in [0.2, 0.25) is 0 Å². The van der Waals surface area contributed by atoms with Gasteiger partial charge in [-0.3, -0.25) is 4.79 Å². The second-order valence-corrected chi connectivity index (χ2v) is 7.72. The number of halogens is 1. The van der Waals surface area contributed by atoms with Crippen molar-refractivity contribution in [2.45, 2.75) is 46.6 Å². The van der Waals surface area contributed by atoms with Gasteiger partial charge in [-0.15, -0.1) is 0 Å². The van der Waals surface area contributed by atoms with Gasteiger partial charge in [0, 0.05) is 19.4 Å². The number of hydrogen-bond donors (Lipinski definition) is 1. The number of aromatic nitrogens is 2. The molecule has 0 radical (unpaired) electrons. The number of hydrogen-bond acceptors (Lipinski definition) is 4. The summed E-state index contributed by atoms with van der Waals surface area (Å²) in [7, 11) is 0. The van der Waals surface area contributed by atoms with Gasteiger partial charge in [-0.1, -0.05) is 29.8 Å². The summed E-state index contributed by atoms with van der Waals surface area (Å²) in [6.07, 6.45) is 3.60. The maximum absolute atomic E-state index is 13.3. The molecular weight excluding hydrogens is 393 g/mol. The summed E-state index contributed by atoms with van der Waals surface area (Å²) < 4.78 is 21.3. The monoisotopic (exact) mass is 423 g/mol. The van der Waals surface area contributed by atoms with Gasteiger partial charge in [0.25, 0.3) is 0 Å². The lowest BCUT2D eigenvalue weighted by molar-refractivity contribution is -0.116. The van der Waals surface area contributed by atoms with Crippen LogP contribution in [0.25, 0.3) is 0 Å². The minimum absolute atomic E-state index is 0.00197. The number of aryl methyl sites for hydroxylation is 3. The number of carbonyl (C=O) groups excluding carboxylic acids is 1. The van der Waals surface area contributed by atoms with Gasteiger partial charge in [0.05, 0.1) is 19.3 Å². The molecule has 31 heavy (non-hydrogen) atoms. The normalized spacial score (nSPS) is 10.8. The molecule has 1 heterocycles. The van der Waals surface area contributed by atoms with Gasteiger partial charge in [-0.25, -0.2) is 9.37 Å². The lowest BCUT2D eigenvalue weighted by atomic mass is 10.1. The van der Waals surface area contributed by atoms with E-state index in [1.54, 1.807) is 18.3 Å². The van der Waals surface area contributed by atoms with Gasteiger partial charge >= 0.3 is 0 Å². The van der Waals surface area contributed by atoms with E-state index in [1.165, 1.54) is 17.7 Å². The average molecular weight is 424 g/mol. The van der Waals surface area contributed by atoms with E-state index in [1.807, 2.05) is 6.07 Å². The molecule has 6 heteroatoms. The minimum Gasteiger partial charge on any atom is -0.493 e. The molecule has 2 aromatic carbocycles. The first-order valence-electron chi connectivity index (χ1n) is 10.7. The Morgan fingerprint density at radius 3 is 2.77 bits per heavy atom. The average Bonchev–Trinajstić information content (AvgIpc) is 3.12. The maximum atomic E-state index is 13.3. The van der Waals surface area contributed by atoms with Crippen LogP contribution in [-0.2, 0) is 24.2 Å². The van der Waals surface area contributed by atoms with Crippen molar-refractivity contribution in [3.05, 3.63) is 77.0 Å². The Balaban J connectivity index is 1.48. The van der Waals surface area contributed by atoms with E-state index in [0.29, 0.717) is 12.2 Å². The zero-order valence-corrected chi connectivity index (χ0v) is 18.5.